The third-order valence-corrected chi connectivity index (χ3v) is 3.26. The molecule has 3 N–H and O–H groups in total. The summed E-state index contributed by atoms with van der Waals surface area (Å²) in [4.78, 5) is 11.9. The molecule has 0 spiro atoms. The Morgan fingerprint density at radius 2 is 2.42 bits per heavy atom. The average Bonchev–Trinajstić information content (AvgIpc) is 2.86. The number of halogens is 1. The van der Waals surface area contributed by atoms with Crippen molar-refractivity contribution >= 4 is 28.9 Å². The summed E-state index contributed by atoms with van der Waals surface area (Å²) in [5.41, 5.74) is 6.70. The summed E-state index contributed by atoms with van der Waals surface area (Å²) in [6.45, 7) is 2.95. The maximum absolute atomic E-state index is 11.9. The van der Waals surface area contributed by atoms with Crippen LogP contribution in [0.25, 0.3) is 0 Å². The normalized spacial score (nSPS) is 20.2. The molecule has 1 aliphatic rings. The maximum atomic E-state index is 11.9. The van der Waals surface area contributed by atoms with Crippen LogP contribution in [-0.2, 0) is 14.3 Å². The van der Waals surface area contributed by atoms with Gasteiger partial charge in [0, 0.05) is 12.3 Å². The van der Waals surface area contributed by atoms with E-state index in [2.05, 4.69) is 5.32 Å². The summed E-state index contributed by atoms with van der Waals surface area (Å²) in [5.74, 6) is -0.214. The molecule has 1 amide bonds. The van der Waals surface area contributed by atoms with Crippen molar-refractivity contribution in [3.63, 3.8) is 0 Å². The van der Waals surface area contributed by atoms with E-state index in [0.29, 0.717) is 29.6 Å². The summed E-state index contributed by atoms with van der Waals surface area (Å²) in [7, 11) is 0. The molecule has 1 aromatic rings. The second-order valence-electron chi connectivity index (χ2n) is 4.49. The fourth-order valence-corrected chi connectivity index (χ4v) is 1.95. The lowest BCUT2D eigenvalue weighted by atomic mass is 10.2. The summed E-state index contributed by atoms with van der Waals surface area (Å²) in [6.07, 6.45) is 0.283. The van der Waals surface area contributed by atoms with Crippen molar-refractivity contribution in [3.8, 4) is 0 Å². The third-order valence-electron chi connectivity index (χ3n) is 2.92. The smallest absolute Gasteiger partial charge is 0.253 e. The second-order valence-corrected chi connectivity index (χ2v) is 4.90. The van der Waals surface area contributed by atoms with Crippen molar-refractivity contribution in [1.82, 2.24) is 0 Å². The molecule has 5 nitrogen and oxygen atoms in total. The number of nitrogens with two attached hydrogens (primary N) is 1. The molecule has 1 fully saturated rings. The number of anilines is 2. The van der Waals surface area contributed by atoms with Crippen molar-refractivity contribution in [2.45, 2.75) is 25.6 Å². The number of nitrogens with one attached hydrogen (secondary N) is 1. The molecule has 1 aromatic carbocycles. The number of nitrogen functional groups attached to an aromatic ring is 1. The van der Waals surface area contributed by atoms with Crippen molar-refractivity contribution in [1.29, 1.82) is 0 Å². The molecule has 0 bridgehead atoms. The molecule has 2 rings (SSSR count). The predicted molar refractivity (Wildman–Crippen MR) is 74.3 cm³/mol. The van der Waals surface area contributed by atoms with E-state index in [-0.39, 0.29) is 12.0 Å². The summed E-state index contributed by atoms with van der Waals surface area (Å²) in [6, 6.07) is 4.95. The molecule has 0 saturated carbocycles. The Hall–Kier alpha value is -1.30. The monoisotopic (exact) mass is 284 g/mol. The molecule has 104 valence electrons. The molecule has 0 aromatic heterocycles. The van der Waals surface area contributed by atoms with E-state index in [1.54, 1.807) is 25.1 Å². The van der Waals surface area contributed by atoms with Crippen molar-refractivity contribution in [2.75, 3.05) is 24.3 Å². The van der Waals surface area contributed by atoms with Crippen LogP contribution in [0.4, 0.5) is 11.4 Å². The lowest BCUT2D eigenvalue weighted by Gasteiger charge is -2.17. The van der Waals surface area contributed by atoms with Crippen LogP contribution in [0.1, 0.15) is 13.3 Å². The van der Waals surface area contributed by atoms with Gasteiger partial charge in [-0.25, -0.2) is 0 Å². The highest BCUT2D eigenvalue weighted by Crippen LogP contribution is 2.22. The molecule has 1 aliphatic heterocycles. The Labute approximate surface area is 117 Å². The number of benzene rings is 1. The molecule has 2 unspecified atom stereocenters. The van der Waals surface area contributed by atoms with Gasteiger partial charge in [0.15, 0.2) is 0 Å². The Morgan fingerprint density at radius 3 is 3.05 bits per heavy atom. The molecule has 19 heavy (non-hydrogen) atoms. The van der Waals surface area contributed by atoms with Crippen LogP contribution in [0.3, 0.4) is 0 Å². The van der Waals surface area contributed by atoms with Crippen LogP contribution in [-0.4, -0.2) is 31.3 Å². The molecule has 6 heteroatoms. The van der Waals surface area contributed by atoms with Crippen molar-refractivity contribution < 1.29 is 14.3 Å². The number of ether oxygens (including phenoxy) is 2. The minimum atomic E-state index is -0.538. The third kappa shape index (κ3) is 3.83. The molecular formula is C13H17ClN2O3. The number of carbonyl (C=O) groups excluding carboxylic acids is 1. The first-order valence-corrected chi connectivity index (χ1v) is 6.53. The predicted octanol–water partition coefficient (Wildman–Crippen LogP) is 2.05. The van der Waals surface area contributed by atoms with Crippen molar-refractivity contribution in [2.24, 2.45) is 0 Å². The highest BCUT2D eigenvalue weighted by molar-refractivity contribution is 6.33. The molecule has 1 heterocycles. The van der Waals surface area contributed by atoms with Gasteiger partial charge in [0.1, 0.15) is 6.10 Å². The van der Waals surface area contributed by atoms with Gasteiger partial charge < -0.3 is 20.5 Å². The zero-order valence-electron chi connectivity index (χ0n) is 10.7. The molecule has 2 atom stereocenters. The van der Waals surface area contributed by atoms with Crippen LogP contribution >= 0.6 is 11.6 Å². The first-order chi connectivity index (χ1) is 9.06. The lowest BCUT2D eigenvalue weighted by Crippen LogP contribution is -2.31. The van der Waals surface area contributed by atoms with E-state index in [9.17, 15) is 4.79 Å². The van der Waals surface area contributed by atoms with E-state index in [1.165, 1.54) is 0 Å². The Balaban J connectivity index is 1.90. The van der Waals surface area contributed by atoms with Gasteiger partial charge in [-0.2, -0.15) is 0 Å². The van der Waals surface area contributed by atoms with E-state index in [1.807, 2.05) is 0 Å². The first kappa shape index (κ1) is 14.1. The van der Waals surface area contributed by atoms with Gasteiger partial charge in [-0.1, -0.05) is 11.6 Å². The molecular weight excluding hydrogens is 268 g/mol. The summed E-state index contributed by atoms with van der Waals surface area (Å²) < 4.78 is 10.8. The zero-order chi connectivity index (χ0) is 13.8. The number of rotatable bonds is 4. The topological polar surface area (TPSA) is 73.6 Å². The fraction of sp³-hybridized carbons (Fsp3) is 0.462. The number of hydrogen-bond donors (Lipinski definition) is 2. The van der Waals surface area contributed by atoms with Crippen LogP contribution in [0.15, 0.2) is 18.2 Å². The standard InChI is InChI=1S/C13H17ClN2O3/c1-8(19-10-4-5-18-7-10)13(17)16-9-2-3-11(14)12(15)6-9/h2-3,6,8,10H,4-5,7,15H2,1H3,(H,16,17). The van der Waals surface area contributed by atoms with Gasteiger partial charge in [-0.05, 0) is 31.5 Å². The first-order valence-electron chi connectivity index (χ1n) is 6.15. The lowest BCUT2D eigenvalue weighted by molar-refractivity contribution is -0.129. The van der Waals surface area contributed by atoms with E-state index in [4.69, 9.17) is 26.8 Å². The summed E-state index contributed by atoms with van der Waals surface area (Å²) >= 11 is 5.82. The van der Waals surface area contributed by atoms with Gasteiger partial charge in [-0.15, -0.1) is 0 Å². The van der Waals surface area contributed by atoms with Crippen molar-refractivity contribution in [3.05, 3.63) is 23.2 Å². The van der Waals surface area contributed by atoms with Gasteiger partial charge in [0.2, 0.25) is 0 Å². The fourth-order valence-electron chi connectivity index (χ4n) is 1.84. The van der Waals surface area contributed by atoms with Gasteiger partial charge in [-0.3, -0.25) is 4.79 Å². The number of hydrogen-bond acceptors (Lipinski definition) is 4. The minimum Gasteiger partial charge on any atom is -0.397 e. The van der Waals surface area contributed by atoms with E-state index >= 15 is 0 Å². The van der Waals surface area contributed by atoms with Crippen LogP contribution in [0, 0.1) is 0 Å². The van der Waals surface area contributed by atoms with E-state index in [0.717, 1.165) is 6.42 Å². The van der Waals surface area contributed by atoms with Gasteiger partial charge in [0.25, 0.3) is 5.91 Å². The Morgan fingerprint density at radius 1 is 1.63 bits per heavy atom. The quantitative estimate of drug-likeness (QED) is 0.830. The number of carbonyl (C=O) groups is 1. The van der Waals surface area contributed by atoms with Crippen LogP contribution in [0.2, 0.25) is 5.02 Å². The van der Waals surface area contributed by atoms with Gasteiger partial charge >= 0.3 is 0 Å². The maximum Gasteiger partial charge on any atom is 0.253 e. The highest BCUT2D eigenvalue weighted by atomic mass is 35.5. The largest absolute Gasteiger partial charge is 0.397 e. The average molecular weight is 285 g/mol. The molecule has 0 aliphatic carbocycles. The highest BCUT2D eigenvalue weighted by Gasteiger charge is 2.22. The van der Waals surface area contributed by atoms with Crippen LogP contribution in [0.5, 0.6) is 0 Å². The zero-order valence-corrected chi connectivity index (χ0v) is 11.4. The SMILES string of the molecule is CC(OC1CCOC1)C(=O)Nc1ccc(Cl)c(N)c1. The second kappa shape index (κ2) is 6.23. The van der Waals surface area contributed by atoms with Gasteiger partial charge in [0.05, 0.1) is 23.4 Å². The minimum absolute atomic E-state index is 0.00367. The Bertz CT molecular complexity index is 461. The van der Waals surface area contributed by atoms with E-state index < -0.39 is 6.10 Å². The Kier molecular flexibility index (Phi) is 4.63. The summed E-state index contributed by atoms with van der Waals surface area (Å²) in [5, 5.41) is 3.20. The number of amides is 1. The molecule has 1 saturated heterocycles. The molecule has 0 radical (unpaired) electrons. The van der Waals surface area contributed by atoms with Crippen LogP contribution < -0.4 is 11.1 Å².